The molecule has 3 unspecified atom stereocenters. The zero-order valence-corrected chi connectivity index (χ0v) is 9.37. The van der Waals surface area contributed by atoms with Crippen LogP contribution in [0.5, 0.6) is 0 Å². The molecule has 6 heteroatoms. The second kappa shape index (κ2) is 5.90. The van der Waals surface area contributed by atoms with Gasteiger partial charge in [0.2, 0.25) is 5.79 Å². The van der Waals surface area contributed by atoms with Crippen LogP contribution in [0.3, 0.4) is 0 Å². The number of aliphatic hydroxyl groups excluding tert-OH is 4. The van der Waals surface area contributed by atoms with E-state index >= 15 is 0 Å². The smallest absolute Gasteiger partial charge is 0.221 e. The maximum atomic E-state index is 9.74. The van der Waals surface area contributed by atoms with Crippen LogP contribution in [0.25, 0.3) is 0 Å². The normalized spacial score (nSPS) is 39.2. The minimum absolute atomic E-state index is 0.318. The van der Waals surface area contributed by atoms with E-state index in [-0.39, 0.29) is 0 Å². The number of hydrogen-bond donors (Lipinski definition) is 4. The van der Waals surface area contributed by atoms with Crippen molar-refractivity contribution in [3.8, 4) is 0 Å². The first-order valence-corrected chi connectivity index (χ1v) is 5.51. The van der Waals surface area contributed by atoms with Crippen molar-refractivity contribution in [3.63, 3.8) is 0 Å². The van der Waals surface area contributed by atoms with E-state index in [1.165, 1.54) is 0 Å². The molecule has 0 amide bonds. The third kappa shape index (κ3) is 2.53. The lowest BCUT2D eigenvalue weighted by Crippen LogP contribution is -2.48. The SMILES string of the molecule is CCCCO[C@]1(CO)OC(CO)C(O)C1O. The van der Waals surface area contributed by atoms with Crippen molar-refractivity contribution in [2.75, 3.05) is 19.8 Å². The molecular formula is C10H20O6. The van der Waals surface area contributed by atoms with Crippen molar-refractivity contribution in [1.82, 2.24) is 0 Å². The Balaban J connectivity index is 2.64. The average Bonchev–Trinajstić information content (AvgIpc) is 2.55. The lowest BCUT2D eigenvalue weighted by atomic mass is 10.1. The van der Waals surface area contributed by atoms with Gasteiger partial charge in [0.05, 0.1) is 13.2 Å². The molecule has 1 rings (SSSR count). The van der Waals surface area contributed by atoms with E-state index in [9.17, 15) is 15.3 Å². The molecule has 1 aliphatic rings. The molecule has 0 spiro atoms. The Kier molecular flexibility index (Phi) is 5.10. The fourth-order valence-corrected chi connectivity index (χ4v) is 1.69. The number of unbranched alkanes of at least 4 members (excludes halogenated alkanes) is 1. The van der Waals surface area contributed by atoms with Gasteiger partial charge >= 0.3 is 0 Å². The number of hydrogen-bond acceptors (Lipinski definition) is 6. The lowest BCUT2D eigenvalue weighted by molar-refractivity contribution is -0.276. The standard InChI is InChI=1S/C10H20O6/c1-2-3-4-15-10(6-12)9(14)8(13)7(5-11)16-10/h7-9,11-14H,2-6H2,1H3/t7?,8?,9?,10-/m1/s1. The van der Waals surface area contributed by atoms with Gasteiger partial charge in [-0.1, -0.05) is 13.3 Å². The summed E-state index contributed by atoms with van der Waals surface area (Å²) in [6.07, 6.45) is -1.87. The molecule has 0 bridgehead atoms. The molecule has 0 saturated carbocycles. The van der Waals surface area contributed by atoms with Crippen LogP contribution in [-0.2, 0) is 9.47 Å². The largest absolute Gasteiger partial charge is 0.394 e. The topological polar surface area (TPSA) is 99.4 Å². The highest BCUT2D eigenvalue weighted by Gasteiger charge is 2.54. The van der Waals surface area contributed by atoms with E-state index in [1.807, 2.05) is 6.92 Å². The van der Waals surface area contributed by atoms with Crippen molar-refractivity contribution in [1.29, 1.82) is 0 Å². The minimum Gasteiger partial charge on any atom is -0.394 e. The number of rotatable bonds is 6. The number of ether oxygens (including phenoxy) is 2. The fraction of sp³-hybridized carbons (Fsp3) is 1.00. The maximum absolute atomic E-state index is 9.74. The van der Waals surface area contributed by atoms with Gasteiger partial charge < -0.3 is 29.9 Å². The summed E-state index contributed by atoms with van der Waals surface area (Å²) in [5.74, 6) is -1.61. The molecule has 0 aromatic rings. The van der Waals surface area contributed by atoms with Crippen LogP contribution in [0.4, 0.5) is 0 Å². The maximum Gasteiger partial charge on any atom is 0.221 e. The van der Waals surface area contributed by atoms with E-state index in [4.69, 9.17) is 14.6 Å². The van der Waals surface area contributed by atoms with Gasteiger partial charge in [0, 0.05) is 0 Å². The van der Waals surface area contributed by atoms with Crippen molar-refractivity contribution in [2.45, 2.75) is 43.9 Å². The van der Waals surface area contributed by atoms with Gasteiger partial charge in [0.1, 0.15) is 24.9 Å². The average molecular weight is 236 g/mol. The van der Waals surface area contributed by atoms with Crippen LogP contribution in [0.1, 0.15) is 19.8 Å². The van der Waals surface area contributed by atoms with Gasteiger partial charge in [0.15, 0.2) is 0 Å². The molecule has 16 heavy (non-hydrogen) atoms. The fourth-order valence-electron chi connectivity index (χ4n) is 1.69. The summed E-state index contributed by atoms with van der Waals surface area (Å²) in [7, 11) is 0. The van der Waals surface area contributed by atoms with Gasteiger partial charge in [-0.05, 0) is 6.42 Å². The van der Waals surface area contributed by atoms with Gasteiger partial charge in [0.25, 0.3) is 0 Å². The quantitative estimate of drug-likeness (QED) is 0.424. The monoisotopic (exact) mass is 236 g/mol. The van der Waals surface area contributed by atoms with Crippen LogP contribution in [-0.4, -0.2) is 64.3 Å². The lowest BCUT2D eigenvalue weighted by Gasteiger charge is -2.29. The summed E-state index contributed by atoms with van der Waals surface area (Å²) in [5, 5.41) is 37.4. The summed E-state index contributed by atoms with van der Waals surface area (Å²) >= 11 is 0. The van der Waals surface area contributed by atoms with E-state index in [0.717, 1.165) is 12.8 Å². The third-order valence-electron chi connectivity index (χ3n) is 2.75. The summed E-state index contributed by atoms with van der Waals surface area (Å²) in [4.78, 5) is 0. The van der Waals surface area contributed by atoms with Crippen molar-refractivity contribution in [3.05, 3.63) is 0 Å². The predicted octanol–water partition coefficient (Wildman–Crippen LogP) is -1.40. The summed E-state index contributed by atoms with van der Waals surface area (Å²) in [5.41, 5.74) is 0. The molecule has 1 saturated heterocycles. The van der Waals surface area contributed by atoms with Crippen molar-refractivity contribution >= 4 is 0 Å². The molecule has 0 aromatic carbocycles. The van der Waals surface area contributed by atoms with Crippen LogP contribution >= 0.6 is 0 Å². The third-order valence-corrected chi connectivity index (χ3v) is 2.75. The first kappa shape index (κ1) is 13.8. The summed E-state index contributed by atoms with van der Waals surface area (Å²) < 4.78 is 10.5. The zero-order valence-electron chi connectivity index (χ0n) is 9.37. The Bertz CT molecular complexity index is 211. The summed E-state index contributed by atoms with van der Waals surface area (Å²) in [6.45, 7) is 1.30. The van der Waals surface area contributed by atoms with E-state index < -0.39 is 37.3 Å². The molecule has 4 N–H and O–H groups in total. The Labute approximate surface area is 94.4 Å². The highest BCUT2D eigenvalue weighted by atomic mass is 16.7. The Hall–Kier alpha value is -0.240. The molecule has 1 aliphatic heterocycles. The zero-order chi connectivity index (χ0) is 12.2. The predicted molar refractivity (Wildman–Crippen MR) is 54.6 cm³/mol. The Morgan fingerprint density at radius 2 is 2.00 bits per heavy atom. The summed E-state index contributed by atoms with van der Waals surface area (Å²) in [6, 6.07) is 0. The van der Waals surface area contributed by atoms with Crippen LogP contribution in [0, 0.1) is 0 Å². The van der Waals surface area contributed by atoms with Crippen LogP contribution in [0.2, 0.25) is 0 Å². The van der Waals surface area contributed by atoms with Crippen LogP contribution < -0.4 is 0 Å². The second-order valence-corrected chi connectivity index (χ2v) is 3.95. The van der Waals surface area contributed by atoms with E-state index in [2.05, 4.69) is 0 Å². The first-order chi connectivity index (χ1) is 7.61. The minimum atomic E-state index is -1.61. The number of aliphatic hydroxyl groups is 4. The molecule has 1 fully saturated rings. The van der Waals surface area contributed by atoms with Gasteiger partial charge in [-0.25, -0.2) is 0 Å². The molecule has 0 aromatic heterocycles. The van der Waals surface area contributed by atoms with Gasteiger partial charge in [-0.15, -0.1) is 0 Å². The molecule has 1 heterocycles. The Morgan fingerprint density at radius 1 is 1.31 bits per heavy atom. The molecule has 96 valence electrons. The highest BCUT2D eigenvalue weighted by molar-refractivity contribution is 4.96. The Morgan fingerprint density at radius 3 is 2.44 bits per heavy atom. The van der Waals surface area contributed by atoms with Gasteiger partial charge in [-0.3, -0.25) is 0 Å². The molecule has 6 nitrogen and oxygen atoms in total. The molecule has 0 radical (unpaired) electrons. The molecule has 0 aliphatic carbocycles. The van der Waals surface area contributed by atoms with Crippen LogP contribution in [0.15, 0.2) is 0 Å². The van der Waals surface area contributed by atoms with Crippen molar-refractivity contribution in [2.24, 2.45) is 0 Å². The molecule has 4 atom stereocenters. The van der Waals surface area contributed by atoms with E-state index in [0.29, 0.717) is 6.61 Å². The van der Waals surface area contributed by atoms with Crippen molar-refractivity contribution < 1.29 is 29.9 Å². The second-order valence-electron chi connectivity index (χ2n) is 3.95. The highest BCUT2D eigenvalue weighted by Crippen LogP contribution is 2.32. The molecular weight excluding hydrogens is 216 g/mol. The van der Waals surface area contributed by atoms with E-state index in [1.54, 1.807) is 0 Å². The first-order valence-electron chi connectivity index (χ1n) is 5.51. The van der Waals surface area contributed by atoms with Gasteiger partial charge in [-0.2, -0.15) is 0 Å².